The summed E-state index contributed by atoms with van der Waals surface area (Å²) in [5.74, 6) is 0.393. The average Bonchev–Trinajstić information content (AvgIpc) is 3.29. The van der Waals surface area contributed by atoms with Crippen LogP contribution in [0.4, 0.5) is 5.69 Å². The van der Waals surface area contributed by atoms with Gasteiger partial charge in [0.15, 0.2) is 0 Å². The van der Waals surface area contributed by atoms with Gasteiger partial charge in [-0.15, -0.1) is 0 Å². The Morgan fingerprint density at radius 1 is 0.919 bits per heavy atom. The SMILES string of the molecule is CCCCCC(=O)N(CC(=O)N(CCc1c[nH]c2ccccc12)Cc1ccc(N(C)C)cc1)CC(C)C. The molecule has 0 aliphatic rings. The summed E-state index contributed by atoms with van der Waals surface area (Å²) in [5.41, 5.74) is 4.52. The van der Waals surface area contributed by atoms with Gasteiger partial charge in [0, 0.05) is 62.9 Å². The van der Waals surface area contributed by atoms with Crippen molar-refractivity contribution in [1.82, 2.24) is 14.8 Å². The van der Waals surface area contributed by atoms with E-state index in [9.17, 15) is 9.59 Å². The van der Waals surface area contributed by atoms with Crippen LogP contribution in [-0.2, 0) is 22.6 Å². The number of carbonyl (C=O) groups is 2. The molecule has 3 aromatic rings. The van der Waals surface area contributed by atoms with Gasteiger partial charge in [-0.3, -0.25) is 9.59 Å². The van der Waals surface area contributed by atoms with Crippen LogP contribution in [0.25, 0.3) is 10.9 Å². The minimum Gasteiger partial charge on any atom is -0.378 e. The molecule has 3 rings (SSSR count). The van der Waals surface area contributed by atoms with Crippen LogP contribution in [0.1, 0.15) is 57.6 Å². The number of unbranched alkanes of at least 4 members (excludes halogenated alkanes) is 2. The maximum atomic E-state index is 13.7. The van der Waals surface area contributed by atoms with Gasteiger partial charge in [0.25, 0.3) is 0 Å². The molecule has 200 valence electrons. The number of anilines is 1. The van der Waals surface area contributed by atoms with E-state index in [1.165, 1.54) is 10.9 Å². The molecule has 0 aliphatic carbocycles. The second-order valence-electron chi connectivity index (χ2n) is 10.6. The largest absolute Gasteiger partial charge is 0.378 e. The number of benzene rings is 2. The maximum Gasteiger partial charge on any atom is 0.242 e. The molecule has 0 bridgehead atoms. The molecule has 1 N–H and O–H groups in total. The zero-order chi connectivity index (χ0) is 26.8. The molecule has 37 heavy (non-hydrogen) atoms. The second kappa shape index (κ2) is 13.9. The summed E-state index contributed by atoms with van der Waals surface area (Å²) in [4.78, 5) is 35.8. The van der Waals surface area contributed by atoms with Crippen LogP contribution in [0.2, 0.25) is 0 Å². The number of para-hydroxylation sites is 1. The fraction of sp³-hybridized carbons (Fsp3) is 0.484. The lowest BCUT2D eigenvalue weighted by molar-refractivity contribution is -0.141. The molecular weight excluding hydrogens is 460 g/mol. The normalized spacial score (nSPS) is 11.2. The average molecular weight is 505 g/mol. The first-order valence-corrected chi connectivity index (χ1v) is 13.6. The number of hydrogen-bond acceptors (Lipinski definition) is 3. The predicted molar refractivity (Wildman–Crippen MR) is 154 cm³/mol. The van der Waals surface area contributed by atoms with Crippen molar-refractivity contribution >= 4 is 28.4 Å². The monoisotopic (exact) mass is 504 g/mol. The molecule has 0 spiro atoms. The first-order chi connectivity index (χ1) is 17.8. The van der Waals surface area contributed by atoms with E-state index in [0.717, 1.165) is 42.5 Å². The van der Waals surface area contributed by atoms with Gasteiger partial charge in [-0.05, 0) is 48.1 Å². The number of amides is 2. The van der Waals surface area contributed by atoms with Crippen molar-refractivity contribution in [1.29, 1.82) is 0 Å². The molecule has 1 aromatic heterocycles. The van der Waals surface area contributed by atoms with Gasteiger partial charge in [0.1, 0.15) is 0 Å². The van der Waals surface area contributed by atoms with E-state index in [4.69, 9.17) is 0 Å². The number of carbonyl (C=O) groups excluding carboxylic acids is 2. The van der Waals surface area contributed by atoms with E-state index in [1.807, 2.05) is 37.3 Å². The summed E-state index contributed by atoms with van der Waals surface area (Å²) >= 11 is 0. The Balaban J connectivity index is 1.77. The fourth-order valence-electron chi connectivity index (χ4n) is 4.65. The Kier molecular flexibility index (Phi) is 10.6. The van der Waals surface area contributed by atoms with Gasteiger partial charge in [0.2, 0.25) is 11.8 Å². The highest BCUT2D eigenvalue weighted by atomic mass is 16.2. The zero-order valence-electron chi connectivity index (χ0n) is 23.3. The molecule has 0 unspecified atom stereocenters. The van der Waals surface area contributed by atoms with Crippen molar-refractivity contribution in [3.63, 3.8) is 0 Å². The molecular formula is C31H44N4O2. The van der Waals surface area contributed by atoms with Crippen LogP contribution >= 0.6 is 0 Å². The molecule has 0 aliphatic heterocycles. The van der Waals surface area contributed by atoms with E-state index < -0.39 is 0 Å². The standard InChI is InChI=1S/C31H44N4O2/c1-6-7-8-13-30(36)35(21-24(2)3)23-31(37)34(22-25-14-16-27(17-15-25)33(4)5)19-18-26-20-32-29-12-10-9-11-28(26)29/h9-12,14-17,20,24,32H,6-8,13,18-19,21-23H2,1-5H3. The smallest absolute Gasteiger partial charge is 0.242 e. The van der Waals surface area contributed by atoms with Crippen molar-refractivity contribution in [2.45, 2.75) is 59.4 Å². The summed E-state index contributed by atoms with van der Waals surface area (Å²) in [6, 6.07) is 16.6. The van der Waals surface area contributed by atoms with Crippen LogP contribution in [0.15, 0.2) is 54.7 Å². The number of nitrogens with one attached hydrogen (secondary N) is 1. The lowest BCUT2D eigenvalue weighted by atomic mass is 10.1. The van der Waals surface area contributed by atoms with Crippen molar-refractivity contribution in [2.24, 2.45) is 5.92 Å². The summed E-state index contributed by atoms with van der Waals surface area (Å²) in [6.07, 6.45) is 6.29. The highest BCUT2D eigenvalue weighted by Crippen LogP contribution is 2.20. The Morgan fingerprint density at radius 2 is 1.65 bits per heavy atom. The van der Waals surface area contributed by atoms with Crippen molar-refractivity contribution in [2.75, 3.05) is 38.6 Å². The lowest BCUT2D eigenvalue weighted by Crippen LogP contribution is -2.44. The number of aromatic nitrogens is 1. The number of fused-ring (bicyclic) bond motifs is 1. The Morgan fingerprint density at radius 3 is 2.32 bits per heavy atom. The van der Waals surface area contributed by atoms with Crippen LogP contribution in [0, 0.1) is 5.92 Å². The van der Waals surface area contributed by atoms with Gasteiger partial charge in [-0.2, -0.15) is 0 Å². The number of hydrogen-bond donors (Lipinski definition) is 1. The molecule has 1 heterocycles. The van der Waals surface area contributed by atoms with Gasteiger partial charge in [0.05, 0.1) is 6.54 Å². The minimum atomic E-state index is 0.000943. The van der Waals surface area contributed by atoms with E-state index in [0.29, 0.717) is 32.0 Å². The zero-order valence-corrected chi connectivity index (χ0v) is 23.3. The van der Waals surface area contributed by atoms with Crippen LogP contribution in [0.3, 0.4) is 0 Å². The summed E-state index contributed by atoms with van der Waals surface area (Å²) in [7, 11) is 4.04. The summed E-state index contributed by atoms with van der Waals surface area (Å²) < 4.78 is 0. The Labute approximate surface area is 222 Å². The van der Waals surface area contributed by atoms with Crippen LogP contribution < -0.4 is 4.90 Å². The molecule has 6 heteroatoms. The number of nitrogens with zero attached hydrogens (tertiary/aromatic N) is 3. The predicted octanol–water partition coefficient (Wildman–Crippen LogP) is 5.87. The molecule has 0 atom stereocenters. The van der Waals surface area contributed by atoms with Crippen LogP contribution in [-0.4, -0.2) is 60.3 Å². The molecule has 0 fully saturated rings. The highest BCUT2D eigenvalue weighted by molar-refractivity contribution is 5.85. The van der Waals surface area contributed by atoms with Gasteiger partial charge in [-0.1, -0.05) is 63.9 Å². The van der Waals surface area contributed by atoms with Crippen molar-refractivity contribution < 1.29 is 9.59 Å². The Hall–Kier alpha value is -3.28. The van der Waals surface area contributed by atoms with Gasteiger partial charge < -0.3 is 19.7 Å². The minimum absolute atomic E-state index is 0.000943. The quantitative estimate of drug-likeness (QED) is 0.279. The van der Waals surface area contributed by atoms with E-state index in [2.05, 4.69) is 67.1 Å². The van der Waals surface area contributed by atoms with E-state index in [1.54, 1.807) is 4.90 Å². The first kappa shape index (κ1) is 28.3. The molecule has 2 aromatic carbocycles. The van der Waals surface area contributed by atoms with E-state index >= 15 is 0 Å². The summed E-state index contributed by atoms with van der Waals surface area (Å²) in [6.45, 7) is 8.17. The molecule has 2 amide bonds. The van der Waals surface area contributed by atoms with Crippen molar-refractivity contribution in [3.8, 4) is 0 Å². The summed E-state index contributed by atoms with van der Waals surface area (Å²) in [5, 5.41) is 1.19. The topological polar surface area (TPSA) is 59.7 Å². The molecule has 0 saturated carbocycles. The first-order valence-electron chi connectivity index (χ1n) is 13.6. The van der Waals surface area contributed by atoms with Crippen LogP contribution in [0.5, 0.6) is 0 Å². The molecule has 0 saturated heterocycles. The van der Waals surface area contributed by atoms with E-state index in [-0.39, 0.29) is 18.4 Å². The Bertz CT molecular complexity index is 1130. The third-order valence-corrected chi connectivity index (χ3v) is 6.76. The molecule has 6 nitrogen and oxygen atoms in total. The second-order valence-corrected chi connectivity index (χ2v) is 10.6. The third-order valence-electron chi connectivity index (χ3n) is 6.76. The highest BCUT2D eigenvalue weighted by Gasteiger charge is 2.22. The fourth-order valence-corrected chi connectivity index (χ4v) is 4.65. The number of aromatic amines is 1. The van der Waals surface area contributed by atoms with Gasteiger partial charge >= 0.3 is 0 Å². The number of H-pyrrole nitrogens is 1. The van der Waals surface area contributed by atoms with Crippen molar-refractivity contribution in [3.05, 3.63) is 65.9 Å². The lowest BCUT2D eigenvalue weighted by Gasteiger charge is -2.29. The number of rotatable bonds is 14. The third kappa shape index (κ3) is 8.38. The molecule has 0 radical (unpaired) electrons. The van der Waals surface area contributed by atoms with Gasteiger partial charge in [-0.25, -0.2) is 0 Å². The maximum absolute atomic E-state index is 13.7.